The summed E-state index contributed by atoms with van der Waals surface area (Å²) in [5, 5.41) is 13.6. The Kier molecular flexibility index (Phi) is 6.34. The third-order valence-corrected chi connectivity index (χ3v) is 5.48. The van der Waals surface area contributed by atoms with Gasteiger partial charge in [-0.05, 0) is 71.9 Å². The van der Waals surface area contributed by atoms with Crippen molar-refractivity contribution in [3.63, 3.8) is 0 Å². The van der Waals surface area contributed by atoms with Crippen molar-refractivity contribution >= 4 is 46.2 Å². The molecule has 1 aliphatic rings. The highest BCUT2D eigenvalue weighted by atomic mass is 32.1. The van der Waals surface area contributed by atoms with Crippen LogP contribution >= 0.6 is 12.2 Å². The van der Waals surface area contributed by atoms with E-state index >= 15 is 0 Å². The largest absolute Gasteiger partial charge is 0.465 e. The minimum Gasteiger partial charge on any atom is -0.465 e. The van der Waals surface area contributed by atoms with Gasteiger partial charge in [-0.1, -0.05) is 12.1 Å². The highest BCUT2D eigenvalue weighted by molar-refractivity contribution is 7.80. The van der Waals surface area contributed by atoms with Gasteiger partial charge in [-0.3, -0.25) is 15.5 Å². The number of nitrogens with zero attached hydrogens (tertiary/aromatic N) is 3. The van der Waals surface area contributed by atoms with Crippen LogP contribution in [0.5, 0.6) is 0 Å². The molecule has 4 aromatic rings. The zero-order chi connectivity index (χ0) is 23.3. The monoisotopic (exact) mass is 474 g/mol. The van der Waals surface area contributed by atoms with Crippen LogP contribution < -0.4 is 10.9 Å². The second-order valence-electron chi connectivity index (χ2n) is 7.73. The number of imidazole rings is 1. The smallest absolute Gasteiger partial charge is 0.211 e. The first-order valence-corrected chi connectivity index (χ1v) is 11.0. The number of benzene rings is 1. The van der Waals surface area contributed by atoms with E-state index in [9.17, 15) is 0 Å². The van der Waals surface area contributed by atoms with Gasteiger partial charge in [0, 0.05) is 13.1 Å². The third-order valence-electron chi connectivity index (χ3n) is 5.30. The molecule has 1 aromatic carbocycles. The van der Waals surface area contributed by atoms with Crippen LogP contribution in [0, 0.1) is 0 Å². The predicted octanol–water partition coefficient (Wildman–Crippen LogP) is 3.94. The number of hydroxylamine groups is 1. The van der Waals surface area contributed by atoms with Crippen molar-refractivity contribution in [3.05, 3.63) is 89.5 Å². The zero-order valence-corrected chi connectivity index (χ0v) is 18.9. The molecule has 1 saturated heterocycles. The predicted molar refractivity (Wildman–Crippen MR) is 133 cm³/mol. The van der Waals surface area contributed by atoms with Crippen LogP contribution in [-0.4, -0.2) is 44.0 Å². The second kappa shape index (κ2) is 9.87. The van der Waals surface area contributed by atoms with Gasteiger partial charge < -0.3 is 13.8 Å². The molecule has 5 rings (SSSR count). The average molecular weight is 475 g/mol. The lowest BCUT2D eigenvalue weighted by molar-refractivity contribution is 0.233. The van der Waals surface area contributed by atoms with E-state index in [2.05, 4.69) is 20.4 Å². The van der Waals surface area contributed by atoms with E-state index in [1.807, 2.05) is 66.2 Å². The summed E-state index contributed by atoms with van der Waals surface area (Å²) in [6, 6.07) is 15.4. The van der Waals surface area contributed by atoms with Crippen molar-refractivity contribution in [2.24, 2.45) is 5.10 Å². The Labute approximate surface area is 200 Å². The number of likely N-dealkylation sites (tertiary alicyclic amines) is 1. The first-order chi connectivity index (χ1) is 16.7. The number of thiocarbonyl (C=S) groups is 1. The van der Waals surface area contributed by atoms with E-state index in [1.165, 1.54) is 0 Å². The highest BCUT2D eigenvalue weighted by Crippen LogP contribution is 2.25. The molecule has 0 bridgehead atoms. The number of hydrazone groups is 1. The fraction of sp³-hybridized carbons (Fsp3) is 0.125. The number of nitrogens with one attached hydrogen (secondary N) is 3. The summed E-state index contributed by atoms with van der Waals surface area (Å²) in [4.78, 5) is 10.4. The SMILES string of the molecule is ONC(=S)NN=C1/C(=C/c2ccco2)CN(Cc2nc3ccccc3[nH]2)C/C1=C\c1ccco1. The summed E-state index contributed by atoms with van der Waals surface area (Å²) in [5.41, 5.74) is 9.01. The molecule has 0 amide bonds. The molecular formula is C24H22N6O3S. The number of furan rings is 2. The van der Waals surface area contributed by atoms with Crippen LogP contribution in [0.15, 0.2) is 86.1 Å². The fourth-order valence-electron chi connectivity index (χ4n) is 3.89. The van der Waals surface area contributed by atoms with E-state index in [-0.39, 0.29) is 5.11 Å². The summed E-state index contributed by atoms with van der Waals surface area (Å²) in [5.74, 6) is 2.28. The number of fused-ring (bicyclic) bond motifs is 1. The van der Waals surface area contributed by atoms with Crippen molar-refractivity contribution in [2.75, 3.05) is 13.1 Å². The average Bonchev–Trinajstić information content (AvgIpc) is 3.60. The third kappa shape index (κ3) is 4.99. The first kappa shape index (κ1) is 21.8. The summed E-state index contributed by atoms with van der Waals surface area (Å²) in [6.07, 6.45) is 7.13. The minimum atomic E-state index is -0.00750. The second-order valence-corrected chi connectivity index (χ2v) is 8.14. The van der Waals surface area contributed by atoms with Crippen LogP contribution in [0.4, 0.5) is 0 Å². The lowest BCUT2D eigenvalue weighted by Crippen LogP contribution is -2.39. The van der Waals surface area contributed by atoms with Gasteiger partial charge in [-0.2, -0.15) is 5.10 Å². The van der Waals surface area contributed by atoms with E-state index in [1.54, 1.807) is 12.5 Å². The molecule has 0 saturated carbocycles. The Morgan fingerprint density at radius 3 is 2.32 bits per heavy atom. The summed E-state index contributed by atoms with van der Waals surface area (Å²) in [7, 11) is 0. The summed E-state index contributed by atoms with van der Waals surface area (Å²) >= 11 is 5.00. The molecule has 3 aromatic heterocycles. The molecule has 0 aliphatic carbocycles. The minimum absolute atomic E-state index is 0.00750. The number of para-hydroxylation sites is 2. The molecular weight excluding hydrogens is 452 g/mol. The van der Waals surface area contributed by atoms with Gasteiger partial charge in [0.25, 0.3) is 0 Å². The van der Waals surface area contributed by atoms with Crippen molar-refractivity contribution in [1.29, 1.82) is 0 Å². The van der Waals surface area contributed by atoms with Crippen molar-refractivity contribution < 1.29 is 14.0 Å². The molecule has 0 unspecified atom stereocenters. The normalized spacial score (nSPS) is 16.9. The Hall–Kier alpha value is -3.99. The molecule has 4 heterocycles. The number of aromatic amines is 1. The lowest BCUT2D eigenvalue weighted by atomic mass is 9.95. The van der Waals surface area contributed by atoms with Crippen LogP contribution in [0.1, 0.15) is 17.3 Å². The van der Waals surface area contributed by atoms with Gasteiger partial charge in [0.15, 0.2) is 0 Å². The lowest BCUT2D eigenvalue weighted by Gasteiger charge is -2.31. The number of rotatable bonds is 5. The van der Waals surface area contributed by atoms with Gasteiger partial charge in [-0.15, -0.1) is 0 Å². The highest BCUT2D eigenvalue weighted by Gasteiger charge is 2.26. The van der Waals surface area contributed by atoms with Gasteiger partial charge in [-0.25, -0.2) is 10.5 Å². The molecule has 0 radical (unpaired) electrons. The fourth-order valence-corrected chi connectivity index (χ4v) is 3.94. The summed E-state index contributed by atoms with van der Waals surface area (Å²) in [6.45, 7) is 1.79. The van der Waals surface area contributed by atoms with Crippen LogP contribution in [0.2, 0.25) is 0 Å². The van der Waals surface area contributed by atoms with Crippen LogP contribution in [0.3, 0.4) is 0 Å². The zero-order valence-electron chi connectivity index (χ0n) is 18.1. The Morgan fingerprint density at radius 2 is 1.74 bits per heavy atom. The molecule has 172 valence electrons. The molecule has 0 spiro atoms. The van der Waals surface area contributed by atoms with Gasteiger partial charge in [0.1, 0.15) is 17.3 Å². The standard InChI is InChI=1S/C24H22N6O3S/c31-29-24(34)28-27-23-16(11-18-5-3-9-32-18)13-30(14-17(23)12-19-6-4-10-33-19)15-22-25-20-7-1-2-8-21(20)26-22/h1-12,31H,13-15H2,(H,25,26)(H2,28,29,34)/b16-11+,17-12+. The number of hydrogen-bond donors (Lipinski definition) is 4. The maximum Gasteiger partial charge on any atom is 0.211 e. The molecule has 9 nitrogen and oxygen atoms in total. The van der Waals surface area contributed by atoms with Crippen molar-refractivity contribution in [1.82, 2.24) is 25.8 Å². The number of piperidine rings is 1. The van der Waals surface area contributed by atoms with E-state index in [0.717, 1.165) is 28.0 Å². The molecule has 4 N–H and O–H groups in total. The van der Waals surface area contributed by atoms with Crippen LogP contribution in [-0.2, 0) is 6.54 Å². The van der Waals surface area contributed by atoms with Gasteiger partial charge in [0.05, 0.1) is 35.8 Å². The Morgan fingerprint density at radius 1 is 1.06 bits per heavy atom. The number of H-pyrrole nitrogens is 1. The van der Waals surface area contributed by atoms with E-state index in [4.69, 9.17) is 31.2 Å². The molecule has 1 aliphatic heterocycles. The Bertz CT molecular complexity index is 1280. The van der Waals surface area contributed by atoms with Crippen LogP contribution in [0.25, 0.3) is 23.2 Å². The van der Waals surface area contributed by atoms with Gasteiger partial charge >= 0.3 is 0 Å². The quantitative estimate of drug-likeness (QED) is 0.254. The first-order valence-electron chi connectivity index (χ1n) is 10.6. The van der Waals surface area contributed by atoms with Crippen molar-refractivity contribution in [2.45, 2.75) is 6.54 Å². The molecule has 34 heavy (non-hydrogen) atoms. The summed E-state index contributed by atoms with van der Waals surface area (Å²) < 4.78 is 11.1. The van der Waals surface area contributed by atoms with E-state index < -0.39 is 0 Å². The number of hydrogen-bond acceptors (Lipinski definition) is 7. The molecule has 10 heteroatoms. The topological polar surface area (TPSA) is 115 Å². The Balaban J connectivity index is 1.52. The van der Waals surface area contributed by atoms with E-state index in [0.29, 0.717) is 36.9 Å². The maximum atomic E-state index is 9.08. The maximum absolute atomic E-state index is 9.08. The number of aromatic nitrogens is 2. The molecule has 1 fully saturated rings. The molecule has 0 atom stereocenters. The van der Waals surface area contributed by atoms with Gasteiger partial charge in [0.2, 0.25) is 5.11 Å². The van der Waals surface area contributed by atoms with Crippen molar-refractivity contribution in [3.8, 4) is 0 Å².